The summed E-state index contributed by atoms with van der Waals surface area (Å²) in [5.74, 6) is -0.622. The lowest BCUT2D eigenvalue weighted by Crippen LogP contribution is -2.45. The van der Waals surface area contributed by atoms with Crippen molar-refractivity contribution in [3.63, 3.8) is 0 Å². The number of fused-ring (bicyclic) bond motifs is 1. The van der Waals surface area contributed by atoms with Crippen molar-refractivity contribution in [2.45, 2.75) is 18.9 Å². The first-order valence-electron chi connectivity index (χ1n) is 8.83. The van der Waals surface area contributed by atoms with Crippen LogP contribution in [0.4, 0.5) is 14.6 Å². The molecule has 1 fully saturated rings. The molecule has 6 nitrogen and oxygen atoms in total. The maximum Gasteiger partial charge on any atom is 0.317 e. The molecular weight excluding hydrogens is 434 g/mol. The van der Waals surface area contributed by atoms with Crippen molar-refractivity contribution in [2.75, 3.05) is 18.0 Å². The van der Waals surface area contributed by atoms with E-state index in [0.717, 1.165) is 0 Å². The fourth-order valence-electron chi connectivity index (χ4n) is 3.77. The molecule has 1 aliphatic rings. The third-order valence-corrected chi connectivity index (χ3v) is 5.62. The number of pyridine rings is 1. The number of hydrogen-bond donors (Lipinski definition) is 0. The fourth-order valence-corrected chi connectivity index (χ4v) is 4.08. The van der Waals surface area contributed by atoms with E-state index in [2.05, 4.69) is 20.9 Å². The quantitative estimate of drug-likeness (QED) is 0.563. The van der Waals surface area contributed by atoms with Crippen LogP contribution in [-0.4, -0.2) is 27.2 Å². The highest BCUT2D eigenvalue weighted by atomic mass is 79.9. The van der Waals surface area contributed by atoms with E-state index in [0.29, 0.717) is 41.4 Å². The van der Waals surface area contributed by atoms with Gasteiger partial charge in [0, 0.05) is 36.8 Å². The molecule has 0 N–H and O–H groups in total. The summed E-state index contributed by atoms with van der Waals surface area (Å²) in [5.41, 5.74) is -0.443. The highest BCUT2D eigenvalue weighted by Gasteiger charge is 2.26. The van der Waals surface area contributed by atoms with Crippen molar-refractivity contribution >= 4 is 32.8 Å². The van der Waals surface area contributed by atoms with Gasteiger partial charge in [0.1, 0.15) is 5.82 Å². The molecule has 1 aliphatic heterocycles. The van der Waals surface area contributed by atoms with Crippen LogP contribution in [0.2, 0.25) is 0 Å². The zero-order valence-corrected chi connectivity index (χ0v) is 16.6. The van der Waals surface area contributed by atoms with E-state index in [1.54, 1.807) is 0 Å². The van der Waals surface area contributed by atoms with E-state index in [4.69, 9.17) is 0 Å². The lowest BCUT2D eigenvalue weighted by atomic mass is 10.0. The van der Waals surface area contributed by atoms with Crippen LogP contribution in [0.1, 0.15) is 18.9 Å². The number of benzene rings is 1. The Morgan fingerprint density at radius 2 is 1.79 bits per heavy atom. The number of rotatable bonds is 2. The van der Waals surface area contributed by atoms with E-state index >= 15 is 0 Å². The van der Waals surface area contributed by atoms with Crippen molar-refractivity contribution < 1.29 is 8.78 Å². The third kappa shape index (κ3) is 3.13. The van der Waals surface area contributed by atoms with Crippen LogP contribution in [-0.2, 0) is 7.05 Å². The second kappa shape index (κ2) is 7.12. The van der Waals surface area contributed by atoms with E-state index in [1.807, 2.05) is 4.90 Å². The minimum absolute atomic E-state index is 0.232. The first-order valence-corrected chi connectivity index (χ1v) is 9.63. The molecule has 0 aliphatic carbocycles. The molecule has 28 heavy (non-hydrogen) atoms. The lowest BCUT2D eigenvalue weighted by Gasteiger charge is -2.34. The monoisotopic (exact) mass is 450 g/mol. The van der Waals surface area contributed by atoms with E-state index in [1.165, 1.54) is 46.6 Å². The second-order valence-corrected chi connectivity index (χ2v) is 7.77. The van der Waals surface area contributed by atoms with Gasteiger partial charge in [0.2, 0.25) is 0 Å². The van der Waals surface area contributed by atoms with Gasteiger partial charge in [-0.1, -0.05) is 0 Å². The van der Waals surface area contributed by atoms with Crippen LogP contribution < -0.4 is 16.0 Å². The molecule has 1 aromatic carbocycles. The van der Waals surface area contributed by atoms with Crippen LogP contribution in [0.5, 0.6) is 0 Å². The zero-order chi connectivity index (χ0) is 20.0. The van der Waals surface area contributed by atoms with Gasteiger partial charge in [-0.2, -0.15) is 0 Å². The second-order valence-electron chi connectivity index (χ2n) is 6.85. The maximum absolute atomic E-state index is 14.2. The molecule has 2 aromatic heterocycles. The number of nitrogens with zero attached hydrogens (tertiary/aromatic N) is 4. The number of anilines is 1. The van der Waals surface area contributed by atoms with Crippen molar-refractivity contribution in [1.82, 2.24) is 14.1 Å². The van der Waals surface area contributed by atoms with E-state index < -0.39 is 22.8 Å². The molecule has 9 heteroatoms. The molecule has 0 unspecified atom stereocenters. The molecule has 0 saturated carbocycles. The molecule has 0 radical (unpaired) electrons. The largest absolute Gasteiger partial charge is 0.354 e. The maximum atomic E-state index is 14.2. The van der Waals surface area contributed by atoms with Gasteiger partial charge in [-0.25, -0.2) is 13.8 Å². The Bertz CT molecular complexity index is 1180. The van der Waals surface area contributed by atoms with Gasteiger partial charge in [0.05, 0.1) is 11.0 Å². The minimum atomic E-state index is -0.693. The van der Waals surface area contributed by atoms with E-state index in [9.17, 15) is 18.4 Å². The predicted octanol–water partition coefficient (Wildman–Crippen LogP) is 2.98. The van der Waals surface area contributed by atoms with Gasteiger partial charge in [0.15, 0.2) is 11.6 Å². The highest BCUT2D eigenvalue weighted by molar-refractivity contribution is 9.10. The highest BCUT2D eigenvalue weighted by Crippen LogP contribution is 2.29. The average Bonchev–Trinajstić information content (AvgIpc) is 2.68. The van der Waals surface area contributed by atoms with Gasteiger partial charge in [0.25, 0.3) is 0 Å². The van der Waals surface area contributed by atoms with Gasteiger partial charge < -0.3 is 9.47 Å². The number of hydrogen-bond acceptors (Lipinski definition) is 4. The summed E-state index contributed by atoms with van der Waals surface area (Å²) in [7, 11) is 1.46. The van der Waals surface area contributed by atoms with Crippen LogP contribution in [0.3, 0.4) is 0 Å². The first-order chi connectivity index (χ1) is 13.4. The third-order valence-electron chi connectivity index (χ3n) is 5.18. The predicted molar refractivity (Wildman–Crippen MR) is 106 cm³/mol. The van der Waals surface area contributed by atoms with Gasteiger partial charge in [-0.3, -0.25) is 14.2 Å². The normalized spacial score (nSPS) is 15.4. The van der Waals surface area contributed by atoms with E-state index in [-0.39, 0.29) is 11.9 Å². The number of halogens is 3. The molecule has 146 valence electrons. The summed E-state index contributed by atoms with van der Waals surface area (Å²) in [6, 6.07) is 5.18. The summed E-state index contributed by atoms with van der Waals surface area (Å²) in [4.78, 5) is 31.0. The molecule has 0 spiro atoms. The van der Waals surface area contributed by atoms with Crippen molar-refractivity contribution in [3.8, 4) is 0 Å². The summed E-state index contributed by atoms with van der Waals surface area (Å²) >= 11 is 3.19. The molecule has 3 heterocycles. The summed E-state index contributed by atoms with van der Waals surface area (Å²) in [5, 5.41) is 0. The molecule has 0 atom stereocenters. The van der Waals surface area contributed by atoms with Crippen LogP contribution >= 0.6 is 15.9 Å². The van der Waals surface area contributed by atoms with Gasteiger partial charge in [-0.15, -0.1) is 0 Å². The van der Waals surface area contributed by atoms with Crippen LogP contribution in [0.15, 0.2) is 44.5 Å². The number of aromatic nitrogens is 3. The summed E-state index contributed by atoms with van der Waals surface area (Å²) in [6.07, 6.45) is 2.62. The first kappa shape index (κ1) is 18.8. The Morgan fingerprint density at radius 1 is 1.07 bits per heavy atom. The Kier molecular flexibility index (Phi) is 4.78. The van der Waals surface area contributed by atoms with Crippen molar-refractivity contribution in [1.29, 1.82) is 0 Å². The zero-order valence-electron chi connectivity index (χ0n) is 15.0. The number of aryl methyl sites for hydroxylation is 1. The SMILES string of the molecule is Cn1c(=O)c(=O)n(C2CCN(c3ncc(Br)cc3F)CC2)c2ccc(F)cc21. The molecule has 0 bridgehead atoms. The van der Waals surface area contributed by atoms with Gasteiger partial charge in [-0.05, 0) is 53.0 Å². The Hall–Kier alpha value is -2.55. The Balaban J connectivity index is 1.69. The van der Waals surface area contributed by atoms with Crippen molar-refractivity contribution in [2.24, 2.45) is 7.05 Å². The van der Waals surface area contributed by atoms with Gasteiger partial charge >= 0.3 is 11.1 Å². The summed E-state index contributed by atoms with van der Waals surface area (Å²) < 4.78 is 31.1. The average molecular weight is 451 g/mol. The fraction of sp³-hybridized carbons (Fsp3) is 0.316. The van der Waals surface area contributed by atoms with Crippen LogP contribution in [0, 0.1) is 11.6 Å². The standard InChI is InChI=1S/C19H17BrF2N4O2/c1-24-16-9-12(21)2-3-15(16)26(19(28)18(24)27)13-4-6-25(7-5-13)17-14(22)8-11(20)10-23-17/h2-3,8-10,13H,4-7H2,1H3. The molecule has 1 saturated heterocycles. The van der Waals surface area contributed by atoms with Crippen LogP contribution in [0.25, 0.3) is 11.0 Å². The molecule has 4 rings (SSSR count). The Morgan fingerprint density at radius 3 is 2.46 bits per heavy atom. The number of piperidine rings is 1. The lowest BCUT2D eigenvalue weighted by molar-refractivity contribution is 0.390. The topological polar surface area (TPSA) is 60.1 Å². The summed E-state index contributed by atoms with van der Waals surface area (Å²) in [6.45, 7) is 0.973. The Labute approximate surface area is 167 Å². The molecule has 3 aromatic rings. The molecule has 0 amide bonds. The van der Waals surface area contributed by atoms with Crippen molar-refractivity contribution in [3.05, 3.63) is 67.3 Å². The molecular formula is C19H17BrF2N4O2. The minimum Gasteiger partial charge on any atom is -0.354 e. The smallest absolute Gasteiger partial charge is 0.317 e.